The highest BCUT2D eigenvalue weighted by atomic mass is 79.9. The van der Waals surface area contributed by atoms with Crippen LogP contribution in [0.25, 0.3) is 0 Å². The van der Waals surface area contributed by atoms with Crippen LogP contribution in [0.3, 0.4) is 0 Å². The largest absolute Gasteiger partial charge is 0.345 e. The van der Waals surface area contributed by atoms with E-state index in [1.54, 1.807) is 0 Å². The minimum absolute atomic E-state index is 0.0242. The SMILES string of the molecule is Cc1cc(C)c([C@@H](C)NC(=O)c2ccccc2Br)cc1C. The second-order valence-corrected chi connectivity index (χ2v) is 6.32. The van der Waals surface area contributed by atoms with Gasteiger partial charge in [0.25, 0.3) is 5.91 Å². The maximum absolute atomic E-state index is 12.4. The van der Waals surface area contributed by atoms with Gasteiger partial charge in [-0.15, -0.1) is 0 Å². The first-order valence-corrected chi connectivity index (χ1v) is 7.82. The Morgan fingerprint density at radius 2 is 1.67 bits per heavy atom. The molecular weight excluding hydrogens is 326 g/mol. The van der Waals surface area contributed by atoms with E-state index in [4.69, 9.17) is 0 Å². The molecule has 0 fully saturated rings. The average Bonchev–Trinajstić information content (AvgIpc) is 2.43. The number of halogens is 1. The third-order valence-corrected chi connectivity index (χ3v) is 4.51. The van der Waals surface area contributed by atoms with Crippen LogP contribution in [0, 0.1) is 20.8 Å². The number of carbonyl (C=O) groups excluding carboxylic acids is 1. The van der Waals surface area contributed by atoms with E-state index < -0.39 is 0 Å². The molecule has 0 heterocycles. The summed E-state index contributed by atoms with van der Waals surface area (Å²) in [5.74, 6) is -0.0624. The topological polar surface area (TPSA) is 29.1 Å². The van der Waals surface area contributed by atoms with Gasteiger partial charge in [-0.25, -0.2) is 0 Å². The van der Waals surface area contributed by atoms with Crippen molar-refractivity contribution in [2.75, 3.05) is 0 Å². The molecule has 0 saturated carbocycles. The van der Waals surface area contributed by atoms with Crippen LogP contribution in [0.15, 0.2) is 40.9 Å². The van der Waals surface area contributed by atoms with Gasteiger partial charge in [0, 0.05) is 4.47 Å². The lowest BCUT2D eigenvalue weighted by atomic mass is 9.96. The molecule has 0 spiro atoms. The van der Waals surface area contributed by atoms with Crippen LogP contribution >= 0.6 is 15.9 Å². The molecule has 2 nitrogen and oxygen atoms in total. The third kappa shape index (κ3) is 3.53. The van der Waals surface area contributed by atoms with E-state index in [1.165, 1.54) is 22.3 Å². The van der Waals surface area contributed by atoms with Crippen molar-refractivity contribution in [3.05, 3.63) is 68.7 Å². The summed E-state index contributed by atoms with van der Waals surface area (Å²) < 4.78 is 0.812. The Kier molecular flexibility index (Phi) is 4.84. The summed E-state index contributed by atoms with van der Waals surface area (Å²) >= 11 is 3.42. The van der Waals surface area contributed by atoms with Crippen LogP contribution in [0.5, 0.6) is 0 Å². The lowest BCUT2D eigenvalue weighted by Crippen LogP contribution is -2.27. The number of aryl methyl sites for hydroxylation is 3. The Morgan fingerprint density at radius 3 is 2.33 bits per heavy atom. The van der Waals surface area contributed by atoms with Crippen molar-refractivity contribution in [1.82, 2.24) is 5.32 Å². The first-order valence-electron chi connectivity index (χ1n) is 7.03. The van der Waals surface area contributed by atoms with Crippen LogP contribution in [0.2, 0.25) is 0 Å². The summed E-state index contributed by atoms with van der Waals surface area (Å²) in [7, 11) is 0. The highest BCUT2D eigenvalue weighted by Crippen LogP contribution is 2.23. The average molecular weight is 346 g/mol. The molecule has 0 saturated heterocycles. The van der Waals surface area contributed by atoms with Gasteiger partial charge in [-0.3, -0.25) is 4.79 Å². The summed E-state index contributed by atoms with van der Waals surface area (Å²) in [4.78, 5) is 12.4. The van der Waals surface area contributed by atoms with Gasteiger partial charge in [0.05, 0.1) is 11.6 Å². The maximum atomic E-state index is 12.4. The number of nitrogens with one attached hydrogen (secondary N) is 1. The standard InChI is InChI=1S/C18H20BrNO/c1-11-9-13(3)16(10-12(11)2)14(4)20-18(21)15-7-5-6-8-17(15)19/h5-10,14H,1-4H3,(H,20,21)/t14-/m1/s1. The van der Waals surface area contributed by atoms with Gasteiger partial charge >= 0.3 is 0 Å². The number of carbonyl (C=O) groups is 1. The van der Waals surface area contributed by atoms with Crippen molar-refractivity contribution in [2.24, 2.45) is 0 Å². The van der Waals surface area contributed by atoms with E-state index in [2.05, 4.69) is 54.2 Å². The summed E-state index contributed by atoms with van der Waals surface area (Å²) in [5, 5.41) is 3.07. The summed E-state index contributed by atoms with van der Waals surface area (Å²) in [6.45, 7) is 8.31. The number of benzene rings is 2. The number of amides is 1. The van der Waals surface area contributed by atoms with E-state index in [0.717, 1.165) is 4.47 Å². The molecule has 0 radical (unpaired) electrons. The maximum Gasteiger partial charge on any atom is 0.252 e. The Balaban J connectivity index is 2.22. The normalized spacial score (nSPS) is 12.0. The Morgan fingerprint density at radius 1 is 1.05 bits per heavy atom. The van der Waals surface area contributed by atoms with Crippen LogP contribution in [-0.4, -0.2) is 5.91 Å². The second kappa shape index (κ2) is 6.44. The number of hydrogen-bond acceptors (Lipinski definition) is 1. The first kappa shape index (κ1) is 15.8. The molecule has 0 unspecified atom stereocenters. The molecule has 0 bridgehead atoms. The Hall–Kier alpha value is -1.61. The fraction of sp³-hybridized carbons (Fsp3) is 0.278. The van der Waals surface area contributed by atoms with Crippen LogP contribution in [0.4, 0.5) is 0 Å². The highest BCUT2D eigenvalue weighted by molar-refractivity contribution is 9.10. The fourth-order valence-corrected chi connectivity index (χ4v) is 2.91. The van der Waals surface area contributed by atoms with Crippen molar-refractivity contribution >= 4 is 21.8 Å². The lowest BCUT2D eigenvalue weighted by Gasteiger charge is -2.19. The molecule has 0 aliphatic carbocycles. The Labute approximate surface area is 134 Å². The third-order valence-electron chi connectivity index (χ3n) is 3.81. The number of rotatable bonds is 3. The molecule has 110 valence electrons. The van der Waals surface area contributed by atoms with Crippen molar-refractivity contribution < 1.29 is 4.79 Å². The van der Waals surface area contributed by atoms with E-state index in [1.807, 2.05) is 31.2 Å². The molecule has 3 heteroatoms. The van der Waals surface area contributed by atoms with Crippen LogP contribution in [0.1, 0.15) is 45.6 Å². The van der Waals surface area contributed by atoms with Crippen LogP contribution < -0.4 is 5.32 Å². The predicted molar refractivity (Wildman–Crippen MR) is 90.7 cm³/mol. The van der Waals surface area contributed by atoms with Crippen molar-refractivity contribution in [3.8, 4) is 0 Å². The highest BCUT2D eigenvalue weighted by Gasteiger charge is 2.15. The molecular formula is C18H20BrNO. The monoisotopic (exact) mass is 345 g/mol. The van der Waals surface area contributed by atoms with Gasteiger partial charge < -0.3 is 5.32 Å². The second-order valence-electron chi connectivity index (χ2n) is 5.47. The molecule has 2 aromatic rings. The number of hydrogen-bond donors (Lipinski definition) is 1. The zero-order chi connectivity index (χ0) is 15.6. The quantitative estimate of drug-likeness (QED) is 0.844. The molecule has 0 aliphatic rings. The Bertz CT molecular complexity index is 679. The van der Waals surface area contributed by atoms with Gasteiger partial charge in [-0.2, -0.15) is 0 Å². The smallest absolute Gasteiger partial charge is 0.252 e. The molecule has 1 atom stereocenters. The van der Waals surface area contributed by atoms with Gasteiger partial charge in [0.1, 0.15) is 0 Å². The van der Waals surface area contributed by atoms with Crippen molar-refractivity contribution in [2.45, 2.75) is 33.7 Å². The fourth-order valence-electron chi connectivity index (χ4n) is 2.45. The molecule has 2 rings (SSSR count). The molecule has 1 amide bonds. The van der Waals surface area contributed by atoms with Gasteiger partial charge in [-0.1, -0.05) is 24.3 Å². The predicted octanol–water partition coefficient (Wildman–Crippen LogP) is 4.87. The molecule has 0 aromatic heterocycles. The molecule has 1 N–H and O–H groups in total. The summed E-state index contributed by atoms with van der Waals surface area (Å²) in [6, 6.07) is 11.8. The molecule has 2 aromatic carbocycles. The van der Waals surface area contributed by atoms with E-state index >= 15 is 0 Å². The molecule has 0 aliphatic heterocycles. The summed E-state index contributed by atoms with van der Waals surface area (Å²) in [5.41, 5.74) is 5.56. The lowest BCUT2D eigenvalue weighted by molar-refractivity contribution is 0.0939. The first-order chi connectivity index (χ1) is 9.90. The van der Waals surface area contributed by atoms with Crippen LogP contribution in [-0.2, 0) is 0 Å². The minimum Gasteiger partial charge on any atom is -0.345 e. The van der Waals surface area contributed by atoms with Gasteiger partial charge in [-0.05, 0) is 78.0 Å². The zero-order valence-electron chi connectivity index (χ0n) is 12.8. The zero-order valence-corrected chi connectivity index (χ0v) is 14.4. The van der Waals surface area contributed by atoms with E-state index in [0.29, 0.717) is 5.56 Å². The minimum atomic E-state index is -0.0624. The van der Waals surface area contributed by atoms with E-state index in [9.17, 15) is 4.79 Å². The van der Waals surface area contributed by atoms with Gasteiger partial charge in [0.2, 0.25) is 0 Å². The van der Waals surface area contributed by atoms with Crippen molar-refractivity contribution in [1.29, 1.82) is 0 Å². The van der Waals surface area contributed by atoms with Crippen molar-refractivity contribution in [3.63, 3.8) is 0 Å². The van der Waals surface area contributed by atoms with E-state index in [-0.39, 0.29) is 11.9 Å². The molecule has 21 heavy (non-hydrogen) atoms. The summed E-state index contributed by atoms with van der Waals surface area (Å²) in [6.07, 6.45) is 0. The van der Waals surface area contributed by atoms with Gasteiger partial charge in [0.15, 0.2) is 0 Å².